The van der Waals surface area contributed by atoms with E-state index in [1.165, 1.54) is 0 Å². The van der Waals surface area contributed by atoms with Crippen LogP contribution in [0.2, 0.25) is 5.02 Å². The van der Waals surface area contributed by atoms with E-state index in [-0.39, 0.29) is 5.56 Å². The zero-order valence-electron chi connectivity index (χ0n) is 6.06. The third kappa shape index (κ3) is 1.89. The number of rotatable bonds is 1. The second kappa shape index (κ2) is 3.89. The number of halogens is 4. The predicted molar refractivity (Wildman–Crippen MR) is 45.5 cm³/mol. The van der Waals surface area contributed by atoms with Crippen molar-refractivity contribution in [3.05, 3.63) is 34.4 Å². The van der Waals surface area contributed by atoms with Crippen LogP contribution in [-0.2, 0) is 0 Å². The molecule has 0 amide bonds. The van der Waals surface area contributed by atoms with E-state index < -0.39 is 21.8 Å². The second-order valence-corrected chi connectivity index (χ2v) is 2.85. The van der Waals surface area contributed by atoms with Gasteiger partial charge in [-0.15, -0.1) is 0 Å². The Kier molecular flexibility index (Phi) is 3.06. The van der Waals surface area contributed by atoms with Crippen LogP contribution in [-0.4, -0.2) is 10.4 Å². The maximum absolute atomic E-state index is 13.1. The third-order valence-electron chi connectivity index (χ3n) is 1.35. The Bertz CT molecular complexity index is 368. The van der Waals surface area contributed by atoms with Crippen LogP contribution >= 0.6 is 23.2 Å². The minimum absolute atomic E-state index is 0.254. The smallest absolute Gasteiger partial charge is 0.178 e. The lowest BCUT2D eigenvalue weighted by Crippen LogP contribution is -1.98. The molecule has 0 aromatic heterocycles. The molecular weight excluding hydrogens is 223 g/mol. The molecule has 0 atom stereocenters. The summed E-state index contributed by atoms with van der Waals surface area (Å²) in [6, 6.07) is 1.95. The Morgan fingerprint density at radius 2 is 2.00 bits per heavy atom. The molecule has 0 bridgehead atoms. The quantitative estimate of drug-likeness (QED) is 0.339. The molecule has 0 saturated heterocycles. The summed E-state index contributed by atoms with van der Waals surface area (Å²) in [5.74, 6) is -1.95. The molecule has 0 aliphatic carbocycles. The van der Waals surface area contributed by atoms with Crippen LogP contribution in [0.5, 0.6) is 0 Å². The molecular formula is C7H3Cl2F2NO. The molecule has 0 aliphatic rings. The number of benzene rings is 1. The molecule has 0 spiro atoms. The third-order valence-corrected chi connectivity index (χ3v) is 1.97. The van der Waals surface area contributed by atoms with Crippen molar-refractivity contribution in [2.75, 3.05) is 0 Å². The lowest BCUT2D eigenvalue weighted by Gasteiger charge is -2.01. The molecule has 70 valence electrons. The molecule has 13 heavy (non-hydrogen) atoms. The summed E-state index contributed by atoms with van der Waals surface area (Å²) in [7, 11) is 0. The summed E-state index contributed by atoms with van der Waals surface area (Å²) >= 11 is 10.5. The average molecular weight is 226 g/mol. The molecule has 0 heterocycles. The van der Waals surface area contributed by atoms with E-state index in [1.54, 1.807) is 0 Å². The zero-order valence-corrected chi connectivity index (χ0v) is 7.57. The predicted octanol–water partition coefficient (Wildman–Crippen LogP) is 2.99. The van der Waals surface area contributed by atoms with Crippen LogP contribution < -0.4 is 0 Å². The van der Waals surface area contributed by atoms with Crippen LogP contribution in [0.25, 0.3) is 0 Å². The van der Waals surface area contributed by atoms with Gasteiger partial charge in [-0.2, -0.15) is 0 Å². The summed E-state index contributed by atoms with van der Waals surface area (Å²) in [5.41, 5.74) is -0.254. The monoisotopic (exact) mass is 225 g/mol. The Hall–Kier alpha value is -0.870. The first-order chi connectivity index (χ1) is 6.07. The number of nitrogens with zero attached hydrogens (tertiary/aromatic N) is 1. The highest BCUT2D eigenvalue weighted by atomic mass is 35.5. The molecule has 6 heteroatoms. The maximum atomic E-state index is 13.1. The molecule has 1 rings (SSSR count). The van der Waals surface area contributed by atoms with Gasteiger partial charge in [0.25, 0.3) is 0 Å². The second-order valence-electron chi connectivity index (χ2n) is 2.11. The molecule has 0 saturated carbocycles. The number of hydrogen-bond acceptors (Lipinski definition) is 2. The first kappa shape index (κ1) is 10.2. The van der Waals surface area contributed by atoms with E-state index in [2.05, 4.69) is 5.16 Å². The van der Waals surface area contributed by atoms with E-state index in [9.17, 15) is 8.78 Å². The molecule has 1 N–H and O–H groups in total. The van der Waals surface area contributed by atoms with Crippen molar-refractivity contribution in [1.29, 1.82) is 0 Å². The van der Waals surface area contributed by atoms with Crippen molar-refractivity contribution in [3.63, 3.8) is 0 Å². The normalized spacial score (nSPS) is 11.8. The van der Waals surface area contributed by atoms with Gasteiger partial charge in [0.1, 0.15) is 10.8 Å². The van der Waals surface area contributed by atoms with E-state index in [0.717, 1.165) is 12.1 Å². The van der Waals surface area contributed by atoms with E-state index in [0.29, 0.717) is 0 Å². The standard InChI is InChI=1S/C7H3Cl2F2NO/c8-5-4(10)2-1-3(6(5)11)7(9)12-13/h1-2,13H. The molecule has 0 radical (unpaired) electrons. The van der Waals surface area contributed by atoms with Crippen molar-refractivity contribution in [2.24, 2.45) is 5.16 Å². The van der Waals surface area contributed by atoms with Crippen molar-refractivity contribution in [1.82, 2.24) is 0 Å². The Morgan fingerprint density at radius 1 is 1.38 bits per heavy atom. The Morgan fingerprint density at radius 3 is 2.54 bits per heavy atom. The van der Waals surface area contributed by atoms with Gasteiger partial charge in [-0.25, -0.2) is 8.78 Å². The number of oxime groups is 1. The highest BCUT2D eigenvalue weighted by Gasteiger charge is 2.14. The SMILES string of the molecule is ON=C(Cl)c1ccc(F)c(Cl)c1F. The summed E-state index contributed by atoms with van der Waals surface area (Å²) < 4.78 is 25.7. The summed E-state index contributed by atoms with van der Waals surface area (Å²) in [6.45, 7) is 0. The van der Waals surface area contributed by atoms with Gasteiger partial charge in [-0.05, 0) is 12.1 Å². The zero-order chi connectivity index (χ0) is 10.0. The Labute approximate surface area is 82.4 Å². The van der Waals surface area contributed by atoms with E-state index in [4.69, 9.17) is 28.4 Å². The fraction of sp³-hybridized carbons (Fsp3) is 0. The van der Waals surface area contributed by atoms with Gasteiger partial charge in [0.05, 0.1) is 5.56 Å². The first-order valence-electron chi connectivity index (χ1n) is 3.09. The van der Waals surface area contributed by atoms with Gasteiger partial charge in [-0.3, -0.25) is 0 Å². The average Bonchev–Trinajstić information content (AvgIpc) is 2.13. The Balaban J connectivity index is 3.34. The van der Waals surface area contributed by atoms with Gasteiger partial charge in [0, 0.05) is 0 Å². The van der Waals surface area contributed by atoms with Crippen LogP contribution in [0.1, 0.15) is 5.56 Å². The van der Waals surface area contributed by atoms with Crippen molar-refractivity contribution < 1.29 is 14.0 Å². The van der Waals surface area contributed by atoms with Crippen LogP contribution in [0.4, 0.5) is 8.78 Å². The van der Waals surface area contributed by atoms with Crippen LogP contribution in [0, 0.1) is 11.6 Å². The highest BCUT2D eigenvalue weighted by molar-refractivity contribution is 6.69. The minimum atomic E-state index is -1.05. The fourth-order valence-corrected chi connectivity index (χ4v) is 1.05. The summed E-state index contributed by atoms with van der Waals surface area (Å²) in [4.78, 5) is 0. The van der Waals surface area contributed by atoms with Crippen LogP contribution in [0.15, 0.2) is 17.3 Å². The maximum Gasteiger partial charge on any atom is 0.178 e. The molecule has 1 aromatic rings. The minimum Gasteiger partial charge on any atom is -0.410 e. The van der Waals surface area contributed by atoms with Gasteiger partial charge in [0.15, 0.2) is 11.0 Å². The molecule has 0 fully saturated rings. The van der Waals surface area contributed by atoms with Crippen LogP contribution in [0.3, 0.4) is 0 Å². The highest BCUT2D eigenvalue weighted by Crippen LogP contribution is 2.23. The van der Waals surface area contributed by atoms with Gasteiger partial charge >= 0.3 is 0 Å². The summed E-state index contributed by atoms with van der Waals surface area (Å²) in [5, 5.41) is 9.61. The van der Waals surface area contributed by atoms with Gasteiger partial charge < -0.3 is 5.21 Å². The van der Waals surface area contributed by atoms with Gasteiger partial charge in [0.2, 0.25) is 0 Å². The van der Waals surface area contributed by atoms with Crippen molar-refractivity contribution in [2.45, 2.75) is 0 Å². The molecule has 2 nitrogen and oxygen atoms in total. The lowest BCUT2D eigenvalue weighted by atomic mass is 10.2. The lowest BCUT2D eigenvalue weighted by molar-refractivity contribution is 0.320. The van der Waals surface area contributed by atoms with E-state index in [1.807, 2.05) is 0 Å². The first-order valence-corrected chi connectivity index (χ1v) is 3.85. The van der Waals surface area contributed by atoms with Crippen molar-refractivity contribution in [3.8, 4) is 0 Å². The summed E-state index contributed by atoms with van der Waals surface area (Å²) in [6.07, 6.45) is 0. The van der Waals surface area contributed by atoms with Crippen molar-refractivity contribution >= 4 is 28.4 Å². The molecule has 0 aliphatic heterocycles. The topological polar surface area (TPSA) is 32.6 Å². The molecule has 1 aromatic carbocycles. The fourth-order valence-electron chi connectivity index (χ4n) is 0.739. The van der Waals surface area contributed by atoms with Gasteiger partial charge in [-0.1, -0.05) is 28.4 Å². The largest absolute Gasteiger partial charge is 0.410 e. The molecule has 0 unspecified atom stereocenters. The van der Waals surface area contributed by atoms with E-state index >= 15 is 0 Å². The number of hydrogen-bond donors (Lipinski definition) is 1.